The summed E-state index contributed by atoms with van der Waals surface area (Å²) in [5.74, 6) is -2.28. The molecule has 0 bridgehead atoms. The van der Waals surface area contributed by atoms with Gasteiger partial charge in [-0.15, -0.1) is 0 Å². The van der Waals surface area contributed by atoms with Crippen molar-refractivity contribution in [2.45, 2.75) is 25.4 Å². The summed E-state index contributed by atoms with van der Waals surface area (Å²) in [5, 5.41) is 9.07. The molecule has 0 aliphatic carbocycles. The highest BCUT2D eigenvalue weighted by atomic mass is 32.2. The van der Waals surface area contributed by atoms with Crippen LogP contribution in [0.25, 0.3) is 5.69 Å². The van der Waals surface area contributed by atoms with Crippen LogP contribution in [0.15, 0.2) is 23.5 Å². The monoisotopic (exact) mass is 312 g/mol. The number of carboxylic acid groups (broad SMARTS) is 1. The van der Waals surface area contributed by atoms with Crippen LogP contribution in [0, 0.1) is 18.6 Å². The average Bonchev–Trinajstić information content (AvgIpc) is 2.83. The van der Waals surface area contributed by atoms with Gasteiger partial charge in [0.15, 0.2) is 5.16 Å². The van der Waals surface area contributed by atoms with Gasteiger partial charge in [0.1, 0.15) is 11.6 Å². The third-order valence-electron chi connectivity index (χ3n) is 2.96. The molecule has 1 heterocycles. The van der Waals surface area contributed by atoms with Crippen LogP contribution in [0.2, 0.25) is 0 Å². The quantitative estimate of drug-likeness (QED) is 0.862. The van der Waals surface area contributed by atoms with E-state index in [1.807, 2.05) is 6.92 Å². The SMILES string of the molecule is CCc1cnc(SCC(=O)O)n1-c1cc(F)c(C)cc1F. The third-order valence-corrected chi connectivity index (χ3v) is 3.90. The Morgan fingerprint density at radius 2 is 2.10 bits per heavy atom. The Morgan fingerprint density at radius 3 is 2.71 bits per heavy atom. The van der Waals surface area contributed by atoms with Crippen LogP contribution in [-0.4, -0.2) is 26.4 Å². The van der Waals surface area contributed by atoms with Gasteiger partial charge < -0.3 is 5.11 Å². The topological polar surface area (TPSA) is 55.1 Å². The molecule has 0 radical (unpaired) electrons. The van der Waals surface area contributed by atoms with E-state index in [4.69, 9.17) is 5.11 Å². The van der Waals surface area contributed by atoms with E-state index in [-0.39, 0.29) is 17.0 Å². The number of imidazole rings is 1. The number of hydrogen-bond acceptors (Lipinski definition) is 3. The summed E-state index contributed by atoms with van der Waals surface area (Å²) in [6.45, 7) is 3.35. The number of hydrogen-bond donors (Lipinski definition) is 1. The lowest BCUT2D eigenvalue weighted by Gasteiger charge is -2.12. The van der Waals surface area contributed by atoms with Crippen molar-refractivity contribution >= 4 is 17.7 Å². The second-order valence-electron chi connectivity index (χ2n) is 4.46. The molecule has 0 saturated carbocycles. The molecule has 0 spiro atoms. The molecule has 112 valence electrons. The third kappa shape index (κ3) is 3.24. The Bertz CT molecular complexity index is 686. The van der Waals surface area contributed by atoms with Gasteiger partial charge in [0.05, 0.1) is 11.4 Å². The molecule has 0 atom stereocenters. The minimum atomic E-state index is -0.997. The first kappa shape index (κ1) is 15.5. The summed E-state index contributed by atoms with van der Waals surface area (Å²) in [6.07, 6.45) is 2.11. The van der Waals surface area contributed by atoms with E-state index in [1.54, 1.807) is 6.20 Å². The first-order chi connectivity index (χ1) is 9.93. The lowest BCUT2D eigenvalue weighted by Crippen LogP contribution is -2.07. The van der Waals surface area contributed by atoms with E-state index in [9.17, 15) is 13.6 Å². The number of aryl methyl sites for hydroxylation is 2. The van der Waals surface area contributed by atoms with E-state index in [1.165, 1.54) is 11.5 Å². The molecule has 0 unspecified atom stereocenters. The molecular formula is C14H14F2N2O2S. The predicted molar refractivity (Wildman–Crippen MR) is 76.0 cm³/mol. The fraction of sp³-hybridized carbons (Fsp3) is 0.286. The number of nitrogens with zero attached hydrogens (tertiary/aromatic N) is 2. The molecule has 0 aliphatic heterocycles. The molecule has 0 aliphatic rings. The molecule has 21 heavy (non-hydrogen) atoms. The summed E-state index contributed by atoms with van der Waals surface area (Å²) >= 11 is 0.968. The molecular weight excluding hydrogens is 298 g/mol. The van der Waals surface area contributed by atoms with Crippen molar-refractivity contribution in [1.29, 1.82) is 0 Å². The van der Waals surface area contributed by atoms with Crippen molar-refractivity contribution < 1.29 is 18.7 Å². The summed E-state index contributed by atoms with van der Waals surface area (Å²) in [6, 6.07) is 2.23. The number of rotatable bonds is 5. The van der Waals surface area contributed by atoms with Gasteiger partial charge in [0.2, 0.25) is 0 Å². The number of aromatic nitrogens is 2. The van der Waals surface area contributed by atoms with Crippen molar-refractivity contribution in [2.75, 3.05) is 5.75 Å². The van der Waals surface area contributed by atoms with Crippen molar-refractivity contribution in [3.8, 4) is 5.69 Å². The van der Waals surface area contributed by atoms with Gasteiger partial charge in [0, 0.05) is 18.0 Å². The Balaban J connectivity index is 2.53. The molecule has 1 aromatic carbocycles. The molecule has 2 aromatic rings. The first-order valence-electron chi connectivity index (χ1n) is 6.31. The average molecular weight is 312 g/mol. The van der Waals surface area contributed by atoms with E-state index in [2.05, 4.69) is 4.98 Å². The largest absolute Gasteiger partial charge is 0.481 e. The predicted octanol–water partition coefficient (Wildman–Crippen LogP) is 3.20. The maximum Gasteiger partial charge on any atom is 0.313 e. The Labute approximate surface area is 124 Å². The molecule has 1 aromatic heterocycles. The fourth-order valence-corrected chi connectivity index (χ4v) is 2.63. The highest BCUT2D eigenvalue weighted by molar-refractivity contribution is 7.99. The second kappa shape index (κ2) is 6.26. The highest BCUT2D eigenvalue weighted by Crippen LogP contribution is 2.27. The molecule has 4 nitrogen and oxygen atoms in total. The van der Waals surface area contributed by atoms with E-state index < -0.39 is 17.6 Å². The van der Waals surface area contributed by atoms with Crippen LogP contribution < -0.4 is 0 Å². The molecule has 0 fully saturated rings. The van der Waals surface area contributed by atoms with E-state index in [0.29, 0.717) is 17.3 Å². The molecule has 0 amide bonds. The van der Waals surface area contributed by atoms with Gasteiger partial charge in [0.25, 0.3) is 0 Å². The fourth-order valence-electron chi connectivity index (χ4n) is 1.91. The van der Waals surface area contributed by atoms with Gasteiger partial charge in [-0.25, -0.2) is 13.8 Å². The zero-order chi connectivity index (χ0) is 15.6. The minimum Gasteiger partial charge on any atom is -0.481 e. The highest BCUT2D eigenvalue weighted by Gasteiger charge is 2.17. The lowest BCUT2D eigenvalue weighted by molar-refractivity contribution is -0.133. The maximum absolute atomic E-state index is 14.1. The number of aliphatic carboxylic acids is 1. The number of carboxylic acids is 1. The van der Waals surface area contributed by atoms with Crippen molar-refractivity contribution in [3.63, 3.8) is 0 Å². The minimum absolute atomic E-state index is 0.0420. The normalized spacial score (nSPS) is 10.9. The number of halogens is 2. The molecule has 0 saturated heterocycles. The van der Waals surface area contributed by atoms with Gasteiger partial charge >= 0.3 is 5.97 Å². The number of benzene rings is 1. The van der Waals surface area contributed by atoms with Crippen LogP contribution in [0.5, 0.6) is 0 Å². The summed E-state index contributed by atoms with van der Waals surface area (Å²) in [4.78, 5) is 14.8. The van der Waals surface area contributed by atoms with Crippen LogP contribution >= 0.6 is 11.8 Å². The van der Waals surface area contributed by atoms with Crippen LogP contribution in [-0.2, 0) is 11.2 Å². The standard InChI is InChI=1S/C14H14F2N2O2S/c1-3-9-6-17-14(21-7-13(19)20)18(9)12-5-10(15)8(2)4-11(12)16/h4-6H,3,7H2,1-2H3,(H,19,20). The van der Waals surface area contributed by atoms with Crippen LogP contribution in [0.1, 0.15) is 18.2 Å². The Morgan fingerprint density at radius 1 is 1.38 bits per heavy atom. The van der Waals surface area contributed by atoms with Crippen molar-refractivity contribution in [3.05, 3.63) is 41.2 Å². The Hall–Kier alpha value is -1.89. The van der Waals surface area contributed by atoms with E-state index in [0.717, 1.165) is 23.9 Å². The zero-order valence-corrected chi connectivity index (χ0v) is 12.4. The summed E-state index contributed by atoms with van der Waals surface area (Å²) in [7, 11) is 0. The van der Waals surface area contributed by atoms with Gasteiger partial charge in [-0.2, -0.15) is 0 Å². The van der Waals surface area contributed by atoms with E-state index >= 15 is 0 Å². The van der Waals surface area contributed by atoms with Crippen molar-refractivity contribution in [2.24, 2.45) is 0 Å². The molecule has 2 rings (SSSR count). The maximum atomic E-state index is 14.1. The van der Waals surface area contributed by atoms with Crippen LogP contribution in [0.4, 0.5) is 8.78 Å². The number of carbonyl (C=O) groups is 1. The second-order valence-corrected chi connectivity index (χ2v) is 5.40. The molecule has 1 N–H and O–H groups in total. The zero-order valence-electron chi connectivity index (χ0n) is 11.6. The molecule has 7 heteroatoms. The van der Waals surface area contributed by atoms with Gasteiger partial charge in [-0.1, -0.05) is 18.7 Å². The summed E-state index contributed by atoms with van der Waals surface area (Å²) in [5.41, 5.74) is 0.944. The number of thioether (sulfide) groups is 1. The smallest absolute Gasteiger partial charge is 0.313 e. The Kier molecular flexibility index (Phi) is 4.62. The van der Waals surface area contributed by atoms with Gasteiger partial charge in [-0.05, 0) is 25.0 Å². The van der Waals surface area contributed by atoms with Gasteiger partial charge in [-0.3, -0.25) is 9.36 Å². The first-order valence-corrected chi connectivity index (χ1v) is 7.29. The summed E-state index contributed by atoms with van der Waals surface area (Å²) < 4.78 is 29.3. The van der Waals surface area contributed by atoms with Crippen LogP contribution in [0.3, 0.4) is 0 Å². The lowest BCUT2D eigenvalue weighted by atomic mass is 10.2. The van der Waals surface area contributed by atoms with Crippen molar-refractivity contribution in [1.82, 2.24) is 9.55 Å².